The monoisotopic (exact) mass is 306 g/mol. The largest absolute Gasteiger partial charge is 0.396 e. The number of nitrogens with one attached hydrogen (secondary N) is 1. The Morgan fingerprint density at radius 3 is 2.76 bits per heavy atom. The van der Waals surface area contributed by atoms with Gasteiger partial charge in [-0.15, -0.1) is 0 Å². The van der Waals surface area contributed by atoms with E-state index in [-0.39, 0.29) is 17.9 Å². The maximum atomic E-state index is 12.2. The average molecular weight is 307 g/mol. The Hall–Kier alpha value is -1.65. The highest BCUT2D eigenvalue weighted by molar-refractivity contribution is 6.31. The Morgan fingerprint density at radius 2 is 2.05 bits per heavy atom. The van der Waals surface area contributed by atoms with Gasteiger partial charge < -0.3 is 10.4 Å². The van der Waals surface area contributed by atoms with Crippen LogP contribution in [-0.2, 0) is 0 Å². The zero-order chi connectivity index (χ0) is 15.5. The van der Waals surface area contributed by atoms with Crippen molar-refractivity contribution in [1.82, 2.24) is 10.3 Å². The molecule has 21 heavy (non-hydrogen) atoms. The summed E-state index contributed by atoms with van der Waals surface area (Å²) in [7, 11) is 0. The van der Waals surface area contributed by atoms with E-state index in [2.05, 4.69) is 10.3 Å². The van der Waals surface area contributed by atoms with E-state index in [1.165, 1.54) is 0 Å². The van der Waals surface area contributed by atoms with Crippen molar-refractivity contribution in [2.45, 2.75) is 20.3 Å². The van der Waals surface area contributed by atoms with Crippen molar-refractivity contribution < 1.29 is 9.90 Å². The van der Waals surface area contributed by atoms with Crippen molar-refractivity contribution >= 4 is 28.4 Å². The predicted molar refractivity (Wildman–Crippen MR) is 84.6 cm³/mol. The van der Waals surface area contributed by atoms with Gasteiger partial charge in [-0.1, -0.05) is 37.6 Å². The maximum Gasteiger partial charge on any atom is 0.269 e. The molecule has 0 spiro atoms. The van der Waals surface area contributed by atoms with Gasteiger partial charge in [0.25, 0.3) is 5.91 Å². The van der Waals surface area contributed by atoms with Gasteiger partial charge in [0.05, 0.1) is 5.52 Å². The van der Waals surface area contributed by atoms with Gasteiger partial charge in [0.15, 0.2) is 0 Å². The molecule has 0 aliphatic heterocycles. The molecule has 0 saturated heterocycles. The number of carbonyl (C=O) groups excluding carboxylic acids is 1. The summed E-state index contributed by atoms with van der Waals surface area (Å²) in [6.45, 7) is 4.59. The van der Waals surface area contributed by atoms with E-state index in [9.17, 15) is 4.79 Å². The first-order chi connectivity index (χ1) is 9.91. The molecule has 112 valence electrons. The SMILES string of the molecule is CC(C)(CCO)CNC(=O)c1ccc2ccc(Cl)cc2n1. The van der Waals surface area contributed by atoms with Gasteiger partial charge in [-0.05, 0) is 30.0 Å². The van der Waals surface area contributed by atoms with Crippen LogP contribution in [0.4, 0.5) is 0 Å². The molecule has 0 unspecified atom stereocenters. The summed E-state index contributed by atoms with van der Waals surface area (Å²) in [4.78, 5) is 16.5. The van der Waals surface area contributed by atoms with Crippen molar-refractivity contribution in [1.29, 1.82) is 0 Å². The van der Waals surface area contributed by atoms with E-state index in [4.69, 9.17) is 16.7 Å². The number of rotatable bonds is 5. The van der Waals surface area contributed by atoms with Crippen LogP contribution >= 0.6 is 11.6 Å². The minimum atomic E-state index is -0.220. The van der Waals surface area contributed by atoms with Crippen LogP contribution in [-0.4, -0.2) is 29.1 Å². The van der Waals surface area contributed by atoms with Crippen LogP contribution in [0.25, 0.3) is 10.9 Å². The second-order valence-corrected chi connectivity index (χ2v) is 6.29. The fraction of sp³-hybridized carbons (Fsp3) is 0.375. The Morgan fingerprint density at radius 1 is 1.33 bits per heavy atom. The number of pyridine rings is 1. The molecule has 1 aromatic heterocycles. The highest BCUT2D eigenvalue weighted by atomic mass is 35.5. The van der Waals surface area contributed by atoms with Crippen LogP contribution in [0, 0.1) is 5.41 Å². The summed E-state index contributed by atoms with van der Waals surface area (Å²) in [6.07, 6.45) is 0.633. The van der Waals surface area contributed by atoms with E-state index in [0.717, 1.165) is 5.39 Å². The lowest BCUT2D eigenvalue weighted by Crippen LogP contribution is -2.34. The van der Waals surface area contributed by atoms with Crippen LogP contribution in [0.2, 0.25) is 5.02 Å². The molecule has 0 bridgehead atoms. The van der Waals surface area contributed by atoms with Gasteiger partial charge in [0, 0.05) is 23.6 Å². The van der Waals surface area contributed by atoms with Crippen LogP contribution in [0.5, 0.6) is 0 Å². The van der Waals surface area contributed by atoms with Gasteiger partial charge in [-0.25, -0.2) is 4.98 Å². The third-order valence-corrected chi connectivity index (χ3v) is 3.64. The number of aliphatic hydroxyl groups is 1. The van der Waals surface area contributed by atoms with Crippen LogP contribution in [0.3, 0.4) is 0 Å². The molecule has 1 aromatic carbocycles. The molecule has 0 radical (unpaired) electrons. The Bertz CT molecular complexity index is 656. The minimum Gasteiger partial charge on any atom is -0.396 e. The molecule has 2 aromatic rings. The van der Waals surface area contributed by atoms with Gasteiger partial charge in [-0.3, -0.25) is 4.79 Å². The number of amides is 1. The molecule has 1 amide bonds. The third kappa shape index (κ3) is 4.16. The van der Waals surface area contributed by atoms with Gasteiger partial charge in [0.2, 0.25) is 0 Å². The molecule has 1 heterocycles. The number of hydrogen-bond acceptors (Lipinski definition) is 3. The maximum absolute atomic E-state index is 12.2. The first-order valence-corrected chi connectivity index (χ1v) is 7.24. The minimum absolute atomic E-state index is 0.107. The van der Waals surface area contributed by atoms with E-state index >= 15 is 0 Å². The zero-order valence-corrected chi connectivity index (χ0v) is 12.9. The first kappa shape index (κ1) is 15.7. The molecule has 0 aliphatic carbocycles. The number of benzene rings is 1. The molecular formula is C16H19ClN2O2. The molecule has 0 fully saturated rings. The highest BCUT2D eigenvalue weighted by Crippen LogP contribution is 2.19. The fourth-order valence-corrected chi connectivity index (χ4v) is 2.18. The zero-order valence-electron chi connectivity index (χ0n) is 12.2. The van der Waals surface area contributed by atoms with Crippen LogP contribution in [0.1, 0.15) is 30.8 Å². The number of nitrogens with zero attached hydrogens (tertiary/aromatic N) is 1. The van der Waals surface area contributed by atoms with E-state index in [0.29, 0.717) is 29.2 Å². The molecule has 2 rings (SSSR count). The fourth-order valence-electron chi connectivity index (χ4n) is 2.02. The summed E-state index contributed by atoms with van der Waals surface area (Å²) < 4.78 is 0. The standard InChI is InChI=1S/C16H19ClN2O2/c1-16(2,7-8-20)10-18-15(21)13-6-4-11-3-5-12(17)9-14(11)19-13/h3-6,9,20H,7-8,10H2,1-2H3,(H,18,21). The number of hydrogen-bond donors (Lipinski definition) is 2. The van der Waals surface area contributed by atoms with Crippen molar-refractivity contribution in [3.05, 3.63) is 41.0 Å². The Kier molecular flexibility index (Phi) is 4.80. The lowest BCUT2D eigenvalue weighted by molar-refractivity contribution is 0.0923. The lowest BCUT2D eigenvalue weighted by Gasteiger charge is -2.23. The van der Waals surface area contributed by atoms with Gasteiger partial charge in [-0.2, -0.15) is 0 Å². The second kappa shape index (κ2) is 6.41. The number of aliphatic hydroxyl groups excluding tert-OH is 1. The third-order valence-electron chi connectivity index (χ3n) is 3.40. The summed E-state index contributed by atoms with van der Waals surface area (Å²) in [5, 5.41) is 13.4. The highest BCUT2D eigenvalue weighted by Gasteiger charge is 2.19. The first-order valence-electron chi connectivity index (χ1n) is 6.87. The number of fused-ring (bicyclic) bond motifs is 1. The average Bonchev–Trinajstić information content (AvgIpc) is 2.44. The number of aromatic nitrogens is 1. The molecule has 4 nitrogen and oxygen atoms in total. The van der Waals surface area contributed by atoms with Crippen molar-refractivity contribution in [3.8, 4) is 0 Å². The van der Waals surface area contributed by atoms with Crippen molar-refractivity contribution in [2.24, 2.45) is 5.41 Å². The molecule has 0 aliphatic rings. The smallest absolute Gasteiger partial charge is 0.269 e. The molecule has 0 atom stereocenters. The van der Waals surface area contributed by atoms with E-state index < -0.39 is 0 Å². The van der Waals surface area contributed by atoms with Crippen molar-refractivity contribution in [2.75, 3.05) is 13.2 Å². The Balaban J connectivity index is 2.12. The number of carbonyl (C=O) groups is 1. The quantitative estimate of drug-likeness (QED) is 0.892. The molecule has 2 N–H and O–H groups in total. The molecular weight excluding hydrogens is 288 g/mol. The molecule has 0 saturated carbocycles. The summed E-state index contributed by atoms with van der Waals surface area (Å²) in [5.41, 5.74) is 0.916. The van der Waals surface area contributed by atoms with Gasteiger partial charge in [0.1, 0.15) is 5.69 Å². The van der Waals surface area contributed by atoms with Crippen LogP contribution in [0.15, 0.2) is 30.3 Å². The lowest BCUT2D eigenvalue weighted by atomic mass is 9.90. The normalized spacial score (nSPS) is 11.6. The topological polar surface area (TPSA) is 62.2 Å². The van der Waals surface area contributed by atoms with Crippen LogP contribution < -0.4 is 5.32 Å². The second-order valence-electron chi connectivity index (χ2n) is 5.85. The Labute approximate surface area is 129 Å². The summed E-state index contributed by atoms with van der Waals surface area (Å²) in [6, 6.07) is 8.96. The van der Waals surface area contributed by atoms with Gasteiger partial charge >= 0.3 is 0 Å². The predicted octanol–water partition coefficient (Wildman–Crippen LogP) is 3.03. The van der Waals surface area contributed by atoms with E-state index in [1.807, 2.05) is 26.0 Å². The number of halogens is 1. The molecule has 5 heteroatoms. The van der Waals surface area contributed by atoms with Crippen molar-refractivity contribution in [3.63, 3.8) is 0 Å². The van der Waals surface area contributed by atoms with E-state index in [1.54, 1.807) is 18.2 Å². The summed E-state index contributed by atoms with van der Waals surface area (Å²) in [5.74, 6) is -0.220. The summed E-state index contributed by atoms with van der Waals surface area (Å²) >= 11 is 5.94.